The van der Waals surface area contributed by atoms with Gasteiger partial charge in [-0.1, -0.05) is 52.7 Å². The summed E-state index contributed by atoms with van der Waals surface area (Å²) in [6.07, 6.45) is 0. The largest absolute Gasteiger partial charge is 2.00 e. The van der Waals surface area contributed by atoms with Crippen LogP contribution in [-0.2, 0) is 27.5 Å². The van der Waals surface area contributed by atoms with Crippen LogP contribution in [-0.4, -0.2) is 18.5 Å². The number of hydrogen-bond acceptors (Lipinski definition) is 3. The van der Waals surface area contributed by atoms with Gasteiger partial charge in [0.25, 0.3) is 0 Å². The Morgan fingerprint density at radius 3 is 1.31 bits per heavy atom. The van der Waals surface area contributed by atoms with E-state index in [9.17, 15) is 13.2 Å². The first kappa shape index (κ1) is 30.3. The van der Waals surface area contributed by atoms with Gasteiger partial charge < -0.3 is 4.55 Å². The van der Waals surface area contributed by atoms with Crippen molar-refractivity contribution in [2.24, 2.45) is 5.41 Å². The molecule has 0 bridgehead atoms. The van der Waals surface area contributed by atoms with Gasteiger partial charge in [0.15, 0.2) is 10.1 Å². The van der Waals surface area contributed by atoms with Gasteiger partial charge in [-0.25, -0.2) is 14.5 Å². The monoisotopic (exact) mass is 472 g/mol. The van der Waals surface area contributed by atoms with Crippen molar-refractivity contribution in [3.05, 3.63) is 50.6 Å². The number of alkyl halides is 3. The molecule has 1 aliphatic carbocycles. The average Bonchev–Trinajstić information content (AvgIpc) is 2.83. The Bertz CT molecular complexity index is 839. The van der Waals surface area contributed by atoms with Gasteiger partial charge in [-0.2, -0.15) is 35.4 Å². The maximum absolute atomic E-state index is 10.7. The molecule has 0 fully saturated rings. The van der Waals surface area contributed by atoms with Crippen molar-refractivity contribution in [2.75, 3.05) is 0 Å². The topological polar surface area (TPSA) is 57.2 Å². The summed E-state index contributed by atoms with van der Waals surface area (Å²) in [5.41, 5.74) is 6.47. The molecule has 166 valence electrons. The van der Waals surface area contributed by atoms with Gasteiger partial charge >= 0.3 is 22.9 Å². The molecule has 2 rings (SSSR count). The number of hydrogen-bond donors (Lipinski definition) is 0. The number of halogens is 3. The molecular formula is C21H31CrF3O3S. The van der Waals surface area contributed by atoms with Crippen molar-refractivity contribution in [1.29, 1.82) is 0 Å². The van der Waals surface area contributed by atoms with E-state index in [1.807, 2.05) is 0 Å². The molecule has 0 heterocycles. The molecule has 1 aliphatic rings. The molecule has 3 nitrogen and oxygen atoms in total. The van der Waals surface area contributed by atoms with E-state index < -0.39 is 15.6 Å². The van der Waals surface area contributed by atoms with Crippen LogP contribution in [0.4, 0.5) is 13.2 Å². The van der Waals surface area contributed by atoms with E-state index in [4.69, 9.17) is 13.0 Å². The minimum Gasteiger partial charge on any atom is -0.741 e. The summed E-state index contributed by atoms with van der Waals surface area (Å²) in [6, 6.07) is 2.24. The predicted molar refractivity (Wildman–Crippen MR) is 107 cm³/mol. The predicted octanol–water partition coefficient (Wildman–Crippen LogP) is 6.39. The summed E-state index contributed by atoms with van der Waals surface area (Å²) in [4.78, 5) is 0. The second-order valence-corrected chi connectivity index (χ2v) is 9.16. The average molecular weight is 473 g/mol. The van der Waals surface area contributed by atoms with Crippen molar-refractivity contribution in [1.82, 2.24) is 0 Å². The van der Waals surface area contributed by atoms with Gasteiger partial charge in [0.1, 0.15) is 0 Å². The molecule has 1 aromatic carbocycles. The Kier molecular flexibility index (Phi) is 10.8. The van der Waals surface area contributed by atoms with Gasteiger partial charge in [0.05, 0.1) is 0 Å². The van der Waals surface area contributed by atoms with Crippen LogP contribution in [0.2, 0.25) is 0 Å². The van der Waals surface area contributed by atoms with Crippen molar-refractivity contribution < 1.29 is 43.5 Å². The molecule has 0 radical (unpaired) electrons. The summed E-state index contributed by atoms with van der Waals surface area (Å²) in [6.45, 7) is 22.2. The molecule has 0 saturated heterocycles. The van der Waals surface area contributed by atoms with E-state index in [-0.39, 0.29) is 17.4 Å². The Labute approximate surface area is 184 Å². The summed E-state index contributed by atoms with van der Waals surface area (Å²) in [7, 11) is -6.09. The second-order valence-electron chi connectivity index (χ2n) is 7.79. The molecule has 29 heavy (non-hydrogen) atoms. The molecule has 1 aromatic rings. The third-order valence-electron chi connectivity index (χ3n) is 6.02. The zero-order chi connectivity index (χ0) is 22.8. The smallest absolute Gasteiger partial charge is 0.741 e. The summed E-state index contributed by atoms with van der Waals surface area (Å²) >= 11 is 0. The van der Waals surface area contributed by atoms with E-state index >= 15 is 0 Å². The van der Waals surface area contributed by atoms with Crippen LogP contribution in [0.5, 0.6) is 0 Å². The van der Waals surface area contributed by atoms with Crippen LogP contribution < -0.4 is 0 Å². The standard InChI is InChI=1S/C11H18.C9H13.CHF3O3S.Cr/c1-7-8(2)10(4)11(5,6)9(7)3;1-6-5-7(2)9(4)8(6)3;2-1(3,4)8(5,6)7;/h1-6H3;5H,1-4H3;(H,5,6,7);/q;-1;;+2/p-1. The summed E-state index contributed by atoms with van der Waals surface area (Å²) in [5.74, 6) is 0. The van der Waals surface area contributed by atoms with E-state index in [0.29, 0.717) is 5.41 Å². The molecule has 0 aliphatic heterocycles. The first-order valence-corrected chi connectivity index (χ1v) is 10.3. The summed E-state index contributed by atoms with van der Waals surface area (Å²) in [5, 5.41) is 0. The van der Waals surface area contributed by atoms with Crippen LogP contribution in [0.3, 0.4) is 0 Å². The Morgan fingerprint density at radius 2 is 1.24 bits per heavy atom. The molecule has 0 spiro atoms. The fourth-order valence-corrected chi connectivity index (χ4v) is 2.91. The molecule has 0 unspecified atom stereocenters. The summed E-state index contributed by atoms with van der Waals surface area (Å²) < 4.78 is 58.9. The van der Waals surface area contributed by atoms with Crippen LogP contribution in [0.1, 0.15) is 63.8 Å². The van der Waals surface area contributed by atoms with E-state index in [1.165, 1.54) is 44.5 Å². The van der Waals surface area contributed by atoms with E-state index in [2.05, 4.69) is 75.3 Å². The molecule has 8 heteroatoms. The van der Waals surface area contributed by atoms with Gasteiger partial charge in [0, 0.05) is 5.41 Å². The van der Waals surface area contributed by atoms with Crippen LogP contribution >= 0.6 is 0 Å². The normalized spacial score (nSPS) is 15.9. The van der Waals surface area contributed by atoms with Crippen molar-refractivity contribution >= 4 is 10.1 Å². The van der Waals surface area contributed by atoms with Crippen LogP contribution in [0.15, 0.2) is 28.4 Å². The molecule has 0 aromatic heterocycles. The minimum atomic E-state index is -6.09. The molecule has 0 atom stereocenters. The van der Waals surface area contributed by atoms with Gasteiger partial charge in [0.2, 0.25) is 0 Å². The van der Waals surface area contributed by atoms with Crippen molar-refractivity contribution in [2.45, 2.75) is 74.7 Å². The van der Waals surface area contributed by atoms with Crippen molar-refractivity contribution in [3.63, 3.8) is 0 Å². The quantitative estimate of drug-likeness (QED) is 0.250. The van der Waals surface area contributed by atoms with Gasteiger partial charge in [-0.3, -0.25) is 0 Å². The zero-order valence-corrected chi connectivity index (χ0v) is 20.8. The first-order chi connectivity index (χ1) is 12.3. The number of allylic oxidation sites excluding steroid dienone is 4. The van der Waals surface area contributed by atoms with Gasteiger partial charge in [-0.05, 0) is 38.8 Å². The molecule has 0 amide bonds. The van der Waals surface area contributed by atoms with Crippen LogP contribution in [0.25, 0.3) is 0 Å². The maximum atomic E-state index is 10.7. The third-order valence-corrected chi connectivity index (χ3v) is 6.59. The zero-order valence-electron chi connectivity index (χ0n) is 18.8. The SMILES string of the molecule is CC1=C(C)C(C)(C)C(C)=C1C.Cc1cc(C)[c-](C)c1C.O=S(=O)([O-])C(F)(F)F.[Cr+2]. The molecule has 0 saturated carbocycles. The fraction of sp³-hybridized carbons (Fsp3) is 0.571. The van der Waals surface area contributed by atoms with Crippen molar-refractivity contribution in [3.8, 4) is 0 Å². The Morgan fingerprint density at radius 1 is 0.931 bits per heavy atom. The third kappa shape index (κ3) is 7.36. The Balaban J connectivity index is 0. The maximum Gasteiger partial charge on any atom is 2.00 e. The van der Waals surface area contributed by atoms with E-state index in [0.717, 1.165) is 0 Å². The van der Waals surface area contributed by atoms with E-state index in [1.54, 1.807) is 0 Å². The molecule has 0 N–H and O–H groups in total. The minimum absolute atomic E-state index is 0. The molecular weight excluding hydrogens is 441 g/mol. The fourth-order valence-electron chi connectivity index (χ4n) is 2.91. The van der Waals surface area contributed by atoms with Crippen LogP contribution in [0, 0.1) is 33.1 Å². The van der Waals surface area contributed by atoms with Gasteiger partial charge in [-0.15, -0.1) is 0 Å². The Hall–Kier alpha value is -0.938. The second kappa shape index (κ2) is 10.4. The first-order valence-electron chi connectivity index (χ1n) is 8.85. The number of rotatable bonds is 0. The number of aryl methyl sites for hydroxylation is 2.